The van der Waals surface area contributed by atoms with Gasteiger partial charge in [0.15, 0.2) is 0 Å². The van der Waals surface area contributed by atoms with Crippen LogP contribution >= 0.6 is 0 Å². The molecule has 0 aliphatic carbocycles. The highest BCUT2D eigenvalue weighted by Crippen LogP contribution is 2.18. The van der Waals surface area contributed by atoms with Crippen LogP contribution < -0.4 is 15.4 Å². The standard InChI is InChI=1S/C20H22N4O/c1-25-18-10-6-5-9-17(18)14-22-20-13-19(23-15-24-20)21-12-11-16-7-3-2-4-8-16/h2-10,13,15H,11-12,14H2,1H3,(H2,21,22,23,24). The predicted octanol–water partition coefficient (Wildman–Crippen LogP) is 3.75. The molecule has 5 heteroatoms. The highest BCUT2D eigenvalue weighted by Gasteiger charge is 2.03. The van der Waals surface area contributed by atoms with Gasteiger partial charge in [0.2, 0.25) is 0 Å². The second-order valence-electron chi connectivity index (χ2n) is 5.62. The highest BCUT2D eigenvalue weighted by molar-refractivity contribution is 5.47. The molecule has 0 fully saturated rings. The van der Waals surface area contributed by atoms with E-state index in [-0.39, 0.29) is 0 Å². The fraction of sp³-hybridized carbons (Fsp3) is 0.200. The number of ether oxygens (including phenoxy) is 1. The molecule has 0 amide bonds. The molecule has 2 aromatic carbocycles. The molecule has 0 atom stereocenters. The third-order valence-corrected chi connectivity index (χ3v) is 3.88. The number of hydrogen-bond acceptors (Lipinski definition) is 5. The zero-order valence-corrected chi connectivity index (χ0v) is 14.3. The molecule has 5 nitrogen and oxygen atoms in total. The van der Waals surface area contributed by atoms with E-state index in [1.807, 2.05) is 36.4 Å². The smallest absolute Gasteiger partial charge is 0.131 e. The van der Waals surface area contributed by atoms with Crippen molar-refractivity contribution in [2.45, 2.75) is 13.0 Å². The first-order valence-electron chi connectivity index (χ1n) is 8.31. The lowest BCUT2D eigenvalue weighted by atomic mass is 10.1. The summed E-state index contributed by atoms with van der Waals surface area (Å²) in [6.45, 7) is 1.47. The van der Waals surface area contributed by atoms with Crippen LogP contribution in [0.25, 0.3) is 0 Å². The van der Waals surface area contributed by atoms with Crippen LogP contribution in [0.3, 0.4) is 0 Å². The lowest BCUT2D eigenvalue weighted by molar-refractivity contribution is 0.410. The number of hydrogen-bond donors (Lipinski definition) is 2. The summed E-state index contributed by atoms with van der Waals surface area (Å²) in [5.74, 6) is 2.46. The largest absolute Gasteiger partial charge is 0.496 e. The molecule has 0 saturated carbocycles. The normalized spacial score (nSPS) is 10.3. The number of benzene rings is 2. The van der Waals surface area contributed by atoms with Gasteiger partial charge >= 0.3 is 0 Å². The van der Waals surface area contributed by atoms with Crippen molar-refractivity contribution in [3.05, 3.63) is 78.1 Å². The van der Waals surface area contributed by atoms with Gasteiger partial charge in [-0.2, -0.15) is 0 Å². The summed E-state index contributed by atoms with van der Waals surface area (Å²) in [5.41, 5.74) is 2.39. The molecular formula is C20H22N4O. The monoisotopic (exact) mass is 334 g/mol. The SMILES string of the molecule is COc1ccccc1CNc1cc(NCCc2ccccc2)ncn1. The molecule has 3 rings (SSSR count). The Morgan fingerprint density at radius 3 is 2.40 bits per heavy atom. The zero-order valence-electron chi connectivity index (χ0n) is 14.3. The average molecular weight is 334 g/mol. The fourth-order valence-corrected chi connectivity index (χ4v) is 2.57. The molecule has 3 aromatic rings. The Morgan fingerprint density at radius 1 is 0.880 bits per heavy atom. The van der Waals surface area contributed by atoms with E-state index in [0.717, 1.165) is 35.9 Å². The van der Waals surface area contributed by atoms with E-state index in [1.165, 1.54) is 5.56 Å². The van der Waals surface area contributed by atoms with Crippen molar-refractivity contribution in [1.29, 1.82) is 0 Å². The summed E-state index contributed by atoms with van der Waals surface area (Å²) in [5, 5.41) is 6.65. The van der Waals surface area contributed by atoms with Crippen molar-refractivity contribution in [1.82, 2.24) is 9.97 Å². The summed E-state index contributed by atoms with van der Waals surface area (Å²) in [6, 6.07) is 20.3. The Kier molecular flexibility index (Phi) is 5.82. The molecule has 1 heterocycles. The molecule has 2 N–H and O–H groups in total. The van der Waals surface area contributed by atoms with Crippen molar-refractivity contribution >= 4 is 11.6 Å². The zero-order chi connectivity index (χ0) is 17.3. The predicted molar refractivity (Wildman–Crippen MR) is 101 cm³/mol. The molecule has 1 aromatic heterocycles. The number of para-hydroxylation sites is 1. The molecule has 0 saturated heterocycles. The number of rotatable bonds is 8. The third kappa shape index (κ3) is 4.94. The number of nitrogens with one attached hydrogen (secondary N) is 2. The second-order valence-corrected chi connectivity index (χ2v) is 5.62. The van der Waals surface area contributed by atoms with Crippen LogP contribution in [0, 0.1) is 0 Å². The van der Waals surface area contributed by atoms with Gasteiger partial charge in [0, 0.05) is 24.7 Å². The Balaban J connectivity index is 1.54. The molecule has 0 bridgehead atoms. The summed E-state index contributed by atoms with van der Waals surface area (Å²) >= 11 is 0. The van der Waals surface area contributed by atoms with Gasteiger partial charge < -0.3 is 15.4 Å². The van der Waals surface area contributed by atoms with Crippen LogP contribution in [0.2, 0.25) is 0 Å². The van der Waals surface area contributed by atoms with E-state index in [4.69, 9.17) is 4.74 Å². The maximum atomic E-state index is 5.37. The van der Waals surface area contributed by atoms with Gasteiger partial charge in [-0.25, -0.2) is 9.97 Å². The van der Waals surface area contributed by atoms with Gasteiger partial charge in [0.1, 0.15) is 23.7 Å². The van der Waals surface area contributed by atoms with Crippen molar-refractivity contribution in [3.8, 4) is 5.75 Å². The van der Waals surface area contributed by atoms with E-state index in [2.05, 4.69) is 44.9 Å². The summed E-state index contributed by atoms with van der Waals surface area (Å²) in [4.78, 5) is 8.55. The van der Waals surface area contributed by atoms with Crippen LogP contribution in [-0.2, 0) is 13.0 Å². The van der Waals surface area contributed by atoms with Gasteiger partial charge in [0.25, 0.3) is 0 Å². The minimum atomic E-state index is 0.643. The van der Waals surface area contributed by atoms with Gasteiger partial charge in [-0.1, -0.05) is 48.5 Å². The molecule has 128 valence electrons. The Morgan fingerprint density at radius 2 is 1.60 bits per heavy atom. The van der Waals surface area contributed by atoms with Crippen LogP contribution in [0.15, 0.2) is 67.0 Å². The van der Waals surface area contributed by atoms with Crippen molar-refractivity contribution in [3.63, 3.8) is 0 Å². The first kappa shape index (κ1) is 16.8. The lowest BCUT2D eigenvalue weighted by Crippen LogP contribution is -2.08. The van der Waals surface area contributed by atoms with Gasteiger partial charge in [0.05, 0.1) is 7.11 Å². The number of methoxy groups -OCH3 is 1. The Hall–Kier alpha value is -3.08. The minimum absolute atomic E-state index is 0.643. The summed E-state index contributed by atoms with van der Waals surface area (Å²) in [7, 11) is 1.68. The number of aromatic nitrogens is 2. The van der Waals surface area contributed by atoms with Gasteiger partial charge in [-0.05, 0) is 18.1 Å². The van der Waals surface area contributed by atoms with E-state index in [0.29, 0.717) is 6.54 Å². The Bertz CT molecular complexity index is 792. The average Bonchev–Trinajstić information content (AvgIpc) is 2.68. The topological polar surface area (TPSA) is 59.1 Å². The fourth-order valence-electron chi connectivity index (χ4n) is 2.57. The maximum Gasteiger partial charge on any atom is 0.131 e. The van der Waals surface area contributed by atoms with Crippen LogP contribution in [-0.4, -0.2) is 23.6 Å². The third-order valence-electron chi connectivity index (χ3n) is 3.88. The molecular weight excluding hydrogens is 312 g/mol. The first-order chi connectivity index (χ1) is 12.3. The van der Waals surface area contributed by atoms with Gasteiger partial charge in [-0.3, -0.25) is 0 Å². The van der Waals surface area contributed by atoms with E-state index >= 15 is 0 Å². The van der Waals surface area contributed by atoms with Crippen molar-refractivity contribution in [2.24, 2.45) is 0 Å². The molecule has 0 aliphatic rings. The molecule has 0 spiro atoms. The quantitative estimate of drug-likeness (QED) is 0.657. The first-order valence-corrected chi connectivity index (χ1v) is 8.31. The van der Waals surface area contributed by atoms with Crippen molar-refractivity contribution in [2.75, 3.05) is 24.3 Å². The minimum Gasteiger partial charge on any atom is -0.496 e. The van der Waals surface area contributed by atoms with Crippen molar-refractivity contribution < 1.29 is 4.74 Å². The molecule has 0 radical (unpaired) electrons. The van der Waals surface area contributed by atoms with E-state index < -0.39 is 0 Å². The van der Waals surface area contributed by atoms with Crippen LogP contribution in [0.5, 0.6) is 5.75 Å². The summed E-state index contributed by atoms with van der Waals surface area (Å²) in [6.07, 6.45) is 2.52. The summed E-state index contributed by atoms with van der Waals surface area (Å²) < 4.78 is 5.37. The Labute approximate surface area is 148 Å². The van der Waals surface area contributed by atoms with Gasteiger partial charge in [-0.15, -0.1) is 0 Å². The number of anilines is 2. The number of nitrogens with zero attached hydrogens (tertiary/aromatic N) is 2. The lowest BCUT2D eigenvalue weighted by Gasteiger charge is -2.11. The van der Waals surface area contributed by atoms with E-state index in [9.17, 15) is 0 Å². The van der Waals surface area contributed by atoms with Crippen LogP contribution in [0.1, 0.15) is 11.1 Å². The maximum absolute atomic E-state index is 5.37. The molecule has 25 heavy (non-hydrogen) atoms. The molecule has 0 unspecified atom stereocenters. The van der Waals surface area contributed by atoms with Crippen LogP contribution in [0.4, 0.5) is 11.6 Å². The van der Waals surface area contributed by atoms with E-state index in [1.54, 1.807) is 13.4 Å². The molecule has 0 aliphatic heterocycles. The second kappa shape index (κ2) is 8.68. The highest BCUT2D eigenvalue weighted by atomic mass is 16.5.